The van der Waals surface area contributed by atoms with E-state index >= 15 is 0 Å². The largest absolute Gasteiger partial charge is 0.435 e. The van der Waals surface area contributed by atoms with Gasteiger partial charge in [0.2, 0.25) is 0 Å². The van der Waals surface area contributed by atoms with Crippen LogP contribution >= 0.6 is 0 Å². The quantitative estimate of drug-likeness (QED) is 0.156. The van der Waals surface area contributed by atoms with Crippen LogP contribution < -0.4 is 21.1 Å². The summed E-state index contributed by atoms with van der Waals surface area (Å²) in [6.07, 6.45) is 0.677. The van der Waals surface area contributed by atoms with Crippen LogP contribution in [0.5, 0.6) is 5.75 Å². The van der Waals surface area contributed by atoms with Crippen LogP contribution in [0.25, 0.3) is 16.9 Å². The fraction of sp³-hybridized carbons (Fsp3) is 0.308. The zero-order chi connectivity index (χ0) is 30.3. The Hall–Kier alpha value is -5.01. The summed E-state index contributed by atoms with van der Waals surface area (Å²) in [5, 5.41) is 18.2. The standard InChI is InChI=1S/C26H26F3N9O4/c1-2-16-17(25(40)33-8-12-41-11-6-31)3-4-19(21(16)42-15-39)35-23-24-34-13-20(38(24)10-7-32-23)18-14-37(9-5-30)36-22(18)26(27,28)29/h3-4,7,10,13-15H,2,6,8-9,11-12,31H2,1H3,(H,32,35)(H,33,40). The van der Waals surface area contributed by atoms with Crippen molar-refractivity contribution in [3.8, 4) is 23.1 Å². The van der Waals surface area contributed by atoms with Gasteiger partial charge in [0.1, 0.15) is 6.54 Å². The minimum absolute atomic E-state index is 0.0630. The maximum atomic E-state index is 13.8. The number of imidazole rings is 1. The average molecular weight is 586 g/mol. The first-order valence-corrected chi connectivity index (χ1v) is 12.7. The summed E-state index contributed by atoms with van der Waals surface area (Å²) in [4.78, 5) is 32.8. The molecule has 4 aromatic rings. The molecule has 0 aliphatic carbocycles. The molecule has 0 saturated carbocycles. The Morgan fingerprint density at radius 1 is 1.26 bits per heavy atom. The Labute approximate surface area is 237 Å². The zero-order valence-corrected chi connectivity index (χ0v) is 22.3. The van der Waals surface area contributed by atoms with E-state index in [1.165, 1.54) is 29.1 Å². The summed E-state index contributed by atoms with van der Waals surface area (Å²) in [5.41, 5.74) is 5.14. The molecule has 1 aromatic carbocycles. The number of nitriles is 1. The van der Waals surface area contributed by atoms with E-state index in [1.807, 2.05) is 0 Å². The number of hydrogen-bond donors (Lipinski definition) is 3. The number of anilines is 2. The lowest BCUT2D eigenvalue weighted by atomic mass is 10.0. The summed E-state index contributed by atoms with van der Waals surface area (Å²) in [5.74, 6) is -0.193. The third-order valence-corrected chi connectivity index (χ3v) is 6.04. The molecule has 0 spiro atoms. The molecule has 42 heavy (non-hydrogen) atoms. The summed E-state index contributed by atoms with van der Waals surface area (Å²) >= 11 is 0. The Balaban J connectivity index is 1.70. The lowest BCUT2D eigenvalue weighted by Gasteiger charge is -2.17. The molecule has 3 aromatic heterocycles. The van der Waals surface area contributed by atoms with Gasteiger partial charge in [-0.15, -0.1) is 0 Å². The number of nitrogens with two attached hydrogens (primary N) is 1. The van der Waals surface area contributed by atoms with E-state index in [2.05, 4.69) is 25.7 Å². The summed E-state index contributed by atoms with van der Waals surface area (Å²) in [6, 6.07) is 4.83. The smallest absolute Gasteiger partial charge is 0.426 e. The van der Waals surface area contributed by atoms with Gasteiger partial charge in [0.15, 0.2) is 22.9 Å². The van der Waals surface area contributed by atoms with Crippen molar-refractivity contribution in [2.75, 3.05) is 31.6 Å². The van der Waals surface area contributed by atoms with Crippen LogP contribution in [0.4, 0.5) is 24.7 Å². The topological polar surface area (TPSA) is 174 Å². The second-order valence-electron chi connectivity index (χ2n) is 8.68. The van der Waals surface area contributed by atoms with Gasteiger partial charge in [-0.3, -0.25) is 18.7 Å². The first kappa shape index (κ1) is 30.0. The van der Waals surface area contributed by atoms with Gasteiger partial charge in [-0.1, -0.05) is 6.92 Å². The minimum Gasteiger partial charge on any atom is -0.426 e. The SMILES string of the molecule is CCc1c(C(=O)NCCOCCN)ccc(Nc2nccn3c(-c4cn(CC#N)nc4C(F)(F)F)cnc23)c1OC=O. The second-order valence-corrected chi connectivity index (χ2v) is 8.68. The molecule has 0 fully saturated rings. The zero-order valence-electron chi connectivity index (χ0n) is 22.3. The lowest BCUT2D eigenvalue weighted by molar-refractivity contribution is -0.141. The monoisotopic (exact) mass is 585 g/mol. The molecular formula is C26H26F3N9O4. The number of rotatable bonds is 13. The molecule has 4 rings (SSSR count). The molecule has 0 atom stereocenters. The Kier molecular flexibility index (Phi) is 9.35. The second kappa shape index (κ2) is 13.1. The molecule has 220 valence electrons. The van der Waals surface area contributed by atoms with E-state index in [1.54, 1.807) is 19.1 Å². The maximum absolute atomic E-state index is 13.8. The Bertz CT molecular complexity index is 1630. The Morgan fingerprint density at radius 2 is 2.07 bits per heavy atom. The molecule has 0 aliphatic rings. The fourth-order valence-corrected chi connectivity index (χ4v) is 4.30. The van der Waals surface area contributed by atoms with Crippen molar-refractivity contribution in [3.05, 3.63) is 53.7 Å². The van der Waals surface area contributed by atoms with Crippen molar-refractivity contribution in [1.29, 1.82) is 5.26 Å². The summed E-state index contributed by atoms with van der Waals surface area (Å²) in [7, 11) is 0. The van der Waals surface area contributed by atoms with Crippen LogP contribution in [0.1, 0.15) is 28.5 Å². The molecule has 4 N–H and O–H groups in total. The van der Waals surface area contributed by atoms with Gasteiger partial charge in [0.25, 0.3) is 12.4 Å². The summed E-state index contributed by atoms with van der Waals surface area (Å²) in [6.45, 7) is 2.87. The van der Waals surface area contributed by atoms with Crippen LogP contribution in [-0.2, 0) is 28.7 Å². The van der Waals surface area contributed by atoms with Crippen LogP contribution in [-0.4, -0.2) is 62.8 Å². The van der Waals surface area contributed by atoms with Gasteiger partial charge in [-0.05, 0) is 18.6 Å². The van der Waals surface area contributed by atoms with Crippen molar-refractivity contribution in [2.45, 2.75) is 26.1 Å². The highest BCUT2D eigenvalue weighted by Gasteiger charge is 2.38. The average Bonchev–Trinajstić information content (AvgIpc) is 3.59. The van der Waals surface area contributed by atoms with E-state index in [9.17, 15) is 22.8 Å². The van der Waals surface area contributed by atoms with Gasteiger partial charge in [0.05, 0.1) is 42.4 Å². The van der Waals surface area contributed by atoms with Crippen molar-refractivity contribution < 1.29 is 32.2 Å². The highest BCUT2D eigenvalue weighted by Crippen LogP contribution is 2.38. The molecule has 0 bridgehead atoms. The number of ether oxygens (including phenoxy) is 2. The van der Waals surface area contributed by atoms with E-state index in [0.717, 1.165) is 10.9 Å². The van der Waals surface area contributed by atoms with Gasteiger partial charge in [-0.25, -0.2) is 9.97 Å². The molecule has 0 radical (unpaired) electrons. The normalized spacial score (nSPS) is 11.3. The Morgan fingerprint density at radius 3 is 2.76 bits per heavy atom. The maximum Gasteiger partial charge on any atom is 0.435 e. The fourth-order valence-electron chi connectivity index (χ4n) is 4.30. The molecule has 16 heteroatoms. The highest BCUT2D eigenvalue weighted by atomic mass is 19.4. The van der Waals surface area contributed by atoms with Gasteiger partial charge < -0.3 is 25.8 Å². The van der Waals surface area contributed by atoms with Crippen LogP contribution in [0.3, 0.4) is 0 Å². The van der Waals surface area contributed by atoms with Crippen LogP contribution in [0.2, 0.25) is 0 Å². The number of carbonyl (C=O) groups excluding carboxylic acids is 2. The van der Waals surface area contributed by atoms with E-state index < -0.39 is 17.8 Å². The first-order valence-electron chi connectivity index (χ1n) is 12.7. The van der Waals surface area contributed by atoms with Gasteiger partial charge in [-0.2, -0.15) is 23.5 Å². The molecule has 1 amide bonds. The molecule has 3 heterocycles. The molecule has 0 aliphatic heterocycles. The van der Waals surface area contributed by atoms with Gasteiger partial charge in [0, 0.05) is 42.8 Å². The number of amides is 1. The molecular weight excluding hydrogens is 559 g/mol. The predicted molar refractivity (Wildman–Crippen MR) is 143 cm³/mol. The first-order chi connectivity index (χ1) is 20.2. The van der Waals surface area contributed by atoms with Gasteiger partial charge >= 0.3 is 6.18 Å². The van der Waals surface area contributed by atoms with E-state index in [4.69, 9.17) is 20.5 Å². The number of fused-ring (bicyclic) bond motifs is 1. The third-order valence-electron chi connectivity index (χ3n) is 6.04. The third kappa shape index (κ3) is 6.32. The number of alkyl halides is 3. The number of halogens is 3. The number of nitrogens with one attached hydrogen (secondary N) is 2. The molecule has 0 saturated heterocycles. The number of carbonyl (C=O) groups is 2. The van der Waals surface area contributed by atoms with Crippen molar-refractivity contribution in [3.63, 3.8) is 0 Å². The highest BCUT2D eigenvalue weighted by molar-refractivity contribution is 5.97. The number of nitrogens with zero attached hydrogens (tertiary/aromatic N) is 6. The van der Waals surface area contributed by atoms with E-state index in [-0.39, 0.29) is 65.9 Å². The van der Waals surface area contributed by atoms with Crippen molar-refractivity contribution >= 4 is 29.5 Å². The van der Waals surface area contributed by atoms with Crippen LogP contribution in [0.15, 0.2) is 36.9 Å². The lowest BCUT2D eigenvalue weighted by Crippen LogP contribution is -2.29. The number of benzene rings is 1. The van der Waals surface area contributed by atoms with Crippen molar-refractivity contribution in [2.24, 2.45) is 5.73 Å². The number of aromatic nitrogens is 5. The van der Waals surface area contributed by atoms with Crippen LogP contribution in [0, 0.1) is 11.3 Å². The van der Waals surface area contributed by atoms with E-state index in [0.29, 0.717) is 25.1 Å². The molecule has 13 nitrogen and oxygen atoms in total. The molecule has 0 unspecified atom stereocenters. The van der Waals surface area contributed by atoms with Crippen molar-refractivity contribution in [1.82, 2.24) is 29.5 Å². The minimum atomic E-state index is -4.78. The number of hydrogen-bond acceptors (Lipinski definition) is 10. The predicted octanol–water partition coefficient (Wildman–Crippen LogP) is 2.68. The summed E-state index contributed by atoms with van der Waals surface area (Å²) < 4.78 is 54.1.